The van der Waals surface area contributed by atoms with Gasteiger partial charge in [0.15, 0.2) is 0 Å². The van der Waals surface area contributed by atoms with Crippen LogP contribution in [0.2, 0.25) is 0 Å². The highest BCUT2D eigenvalue weighted by atomic mass is 16.5. The number of rotatable bonds is 7. The number of unbranched alkanes of at least 4 members (excludes halogenated alkanes) is 3. The van der Waals surface area contributed by atoms with Crippen LogP contribution < -0.4 is 0 Å². The molecule has 0 saturated heterocycles. The molecule has 0 aromatic heterocycles. The fourth-order valence-corrected chi connectivity index (χ4v) is 1.60. The van der Waals surface area contributed by atoms with E-state index in [-0.39, 0.29) is 0 Å². The molecular formula is C16H19NO2. The van der Waals surface area contributed by atoms with Crippen LogP contribution in [0.15, 0.2) is 42.5 Å². The molecule has 0 aliphatic heterocycles. The minimum atomic E-state index is -0.811. The van der Waals surface area contributed by atoms with E-state index in [9.17, 15) is 4.79 Å². The van der Waals surface area contributed by atoms with Crippen LogP contribution in [0.1, 0.15) is 43.0 Å². The zero-order valence-electron chi connectivity index (χ0n) is 11.2. The molecule has 1 rings (SSSR count). The maximum Gasteiger partial charge on any atom is 0.339 e. The predicted molar refractivity (Wildman–Crippen MR) is 74.5 cm³/mol. The van der Waals surface area contributed by atoms with Gasteiger partial charge in [0, 0.05) is 0 Å². The third-order valence-electron chi connectivity index (χ3n) is 2.66. The van der Waals surface area contributed by atoms with Crippen molar-refractivity contribution in [2.24, 2.45) is 0 Å². The fraction of sp³-hybridized carbons (Fsp3) is 0.375. The van der Waals surface area contributed by atoms with Crippen molar-refractivity contribution in [3.63, 3.8) is 0 Å². The Bertz CT molecular complexity index is 446. The maximum absolute atomic E-state index is 11.7. The smallest absolute Gasteiger partial charge is 0.339 e. The Labute approximate surface area is 114 Å². The molecule has 0 N–H and O–H groups in total. The Kier molecular flexibility index (Phi) is 7.04. The van der Waals surface area contributed by atoms with Crippen LogP contribution in [-0.4, -0.2) is 12.1 Å². The van der Waals surface area contributed by atoms with Crippen LogP contribution in [0, 0.1) is 11.3 Å². The Balaban J connectivity index is 2.44. The van der Waals surface area contributed by atoms with Crippen LogP contribution in [0.4, 0.5) is 0 Å². The van der Waals surface area contributed by atoms with Gasteiger partial charge >= 0.3 is 5.97 Å². The van der Waals surface area contributed by atoms with Gasteiger partial charge in [-0.25, -0.2) is 4.79 Å². The van der Waals surface area contributed by atoms with E-state index in [0.29, 0.717) is 5.56 Å². The molecule has 0 unspecified atom stereocenters. The number of ether oxygens (including phenoxy) is 1. The van der Waals surface area contributed by atoms with Crippen LogP contribution in [0.5, 0.6) is 0 Å². The van der Waals surface area contributed by atoms with Gasteiger partial charge in [-0.2, -0.15) is 5.26 Å². The Hall–Kier alpha value is -2.08. The molecule has 0 heterocycles. The number of hydrogen-bond acceptors (Lipinski definition) is 3. The van der Waals surface area contributed by atoms with Crippen molar-refractivity contribution in [3.8, 4) is 6.07 Å². The fourth-order valence-electron chi connectivity index (χ4n) is 1.60. The van der Waals surface area contributed by atoms with Gasteiger partial charge in [-0.3, -0.25) is 0 Å². The zero-order chi connectivity index (χ0) is 13.9. The lowest BCUT2D eigenvalue weighted by Gasteiger charge is -2.06. The van der Waals surface area contributed by atoms with E-state index < -0.39 is 12.1 Å². The van der Waals surface area contributed by atoms with Crippen molar-refractivity contribution >= 4 is 5.97 Å². The van der Waals surface area contributed by atoms with Crippen molar-refractivity contribution < 1.29 is 9.53 Å². The molecule has 100 valence electrons. The summed E-state index contributed by atoms with van der Waals surface area (Å²) in [7, 11) is 0. The van der Waals surface area contributed by atoms with Gasteiger partial charge in [0.2, 0.25) is 6.10 Å². The third kappa shape index (κ3) is 5.87. The van der Waals surface area contributed by atoms with E-state index in [1.807, 2.05) is 18.2 Å². The normalized spacial score (nSPS) is 12.0. The first kappa shape index (κ1) is 15.0. The average Bonchev–Trinajstić information content (AvgIpc) is 2.46. The molecule has 0 radical (unpaired) electrons. The first-order valence-electron chi connectivity index (χ1n) is 6.60. The van der Waals surface area contributed by atoms with E-state index in [2.05, 4.69) is 6.92 Å². The van der Waals surface area contributed by atoms with Gasteiger partial charge in [-0.15, -0.1) is 0 Å². The lowest BCUT2D eigenvalue weighted by Crippen LogP contribution is -2.14. The minimum absolute atomic E-state index is 0.460. The van der Waals surface area contributed by atoms with Crippen molar-refractivity contribution in [1.29, 1.82) is 5.26 Å². The molecule has 0 aliphatic carbocycles. The molecule has 19 heavy (non-hydrogen) atoms. The summed E-state index contributed by atoms with van der Waals surface area (Å²) in [5.74, 6) is -0.467. The number of hydrogen-bond donors (Lipinski definition) is 0. The van der Waals surface area contributed by atoms with Gasteiger partial charge in [0.25, 0.3) is 0 Å². The number of carbonyl (C=O) groups is 1. The highest BCUT2D eigenvalue weighted by molar-refractivity contribution is 5.89. The number of esters is 1. The minimum Gasteiger partial charge on any atom is -0.439 e. The largest absolute Gasteiger partial charge is 0.439 e. The molecule has 1 atom stereocenters. The van der Waals surface area contributed by atoms with E-state index in [1.54, 1.807) is 30.3 Å². The first-order chi connectivity index (χ1) is 9.27. The molecule has 1 aromatic rings. The van der Waals surface area contributed by atoms with Crippen molar-refractivity contribution in [1.82, 2.24) is 0 Å². The van der Waals surface area contributed by atoms with Gasteiger partial charge in [0.1, 0.15) is 6.07 Å². The second-order valence-corrected chi connectivity index (χ2v) is 4.24. The summed E-state index contributed by atoms with van der Waals surface area (Å²) in [6.45, 7) is 2.14. The summed E-state index contributed by atoms with van der Waals surface area (Å²) in [6, 6.07) is 10.7. The van der Waals surface area contributed by atoms with E-state index in [0.717, 1.165) is 12.8 Å². The number of allylic oxidation sites excluding steroid dienone is 1. The Morgan fingerprint density at radius 2 is 2.11 bits per heavy atom. The maximum atomic E-state index is 11.7. The topological polar surface area (TPSA) is 50.1 Å². The van der Waals surface area contributed by atoms with Gasteiger partial charge in [-0.05, 0) is 31.1 Å². The monoisotopic (exact) mass is 257 g/mol. The second kappa shape index (κ2) is 8.93. The zero-order valence-corrected chi connectivity index (χ0v) is 11.2. The summed E-state index contributed by atoms with van der Waals surface area (Å²) in [5.41, 5.74) is 0.460. The molecule has 3 nitrogen and oxygen atoms in total. The van der Waals surface area contributed by atoms with Gasteiger partial charge in [-0.1, -0.05) is 44.0 Å². The van der Waals surface area contributed by atoms with Crippen molar-refractivity contribution in [2.75, 3.05) is 0 Å². The number of carbonyl (C=O) groups excluding carboxylic acids is 1. The van der Waals surface area contributed by atoms with Crippen LogP contribution in [-0.2, 0) is 4.74 Å². The lowest BCUT2D eigenvalue weighted by molar-refractivity contribution is 0.0472. The van der Waals surface area contributed by atoms with E-state index in [4.69, 9.17) is 10.00 Å². The summed E-state index contributed by atoms with van der Waals surface area (Å²) in [4.78, 5) is 11.7. The molecule has 0 bridgehead atoms. The summed E-state index contributed by atoms with van der Waals surface area (Å²) < 4.78 is 5.11. The highest BCUT2D eigenvalue weighted by Crippen LogP contribution is 2.06. The molecule has 0 spiro atoms. The van der Waals surface area contributed by atoms with E-state index in [1.165, 1.54) is 12.8 Å². The molecule has 0 amide bonds. The molecule has 3 heteroatoms. The highest BCUT2D eigenvalue weighted by Gasteiger charge is 2.11. The van der Waals surface area contributed by atoms with Gasteiger partial charge in [0.05, 0.1) is 5.56 Å². The van der Waals surface area contributed by atoms with Crippen molar-refractivity contribution in [2.45, 2.75) is 38.7 Å². The quantitative estimate of drug-likeness (QED) is 0.423. The molecular weight excluding hydrogens is 238 g/mol. The third-order valence-corrected chi connectivity index (χ3v) is 2.66. The summed E-state index contributed by atoms with van der Waals surface area (Å²) >= 11 is 0. The number of nitriles is 1. The lowest BCUT2D eigenvalue weighted by atomic mass is 10.2. The molecule has 0 saturated carbocycles. The first-order valence-corrected chi connectivity index (χ1v) is 6.60. The van der Waals surface area contributed by atoms with Crippen LogP contribution in [0.3, 0.4) is 0 Å². The summed E-state index contributed by atoms with van der Waals surface area (Å²) in [6.07, 6.45) is 7.09. The van der Waals surface area contributed by atoms with Crippen LogP contribution in [0.25, 0.3) is 0 Å². The predicted octanol–water partition coefficient (Wildman–Crippen LogP) is 3.87. The average molecular weight is 257 g/mol. The molecule has 1 aromatic carbocycles. The van der Waals surface area contributed by atoms with Crippen LogP contribution >= 0.6 is 0 Å². The van der Waals surface area contributed by atoms with Gasteiger partial charge < -0.3 is 4.74 Å². The number of nitrogens with zero attached hydrogens (tertiary/aromatic N) is 1. The number of benzene rings is 1. The van der Waals surface area contributed by atoms with Crippen molar-refractivity contribution in [3.05, 3.63) is 48.0 Å². The summed E-state index contributed by atoms with van der Waals surface area (Å²) in [5, 5.41) is 8.95. The second-order valence-electron chi connectivity index (χ2n) is 4.24. The standard InChI is InChI=1S/C16H19NO2/c1-2-3-4-5-9-12-15(13-17)19-16(18)14-10-7-6-8-11-14/h6-12,15H,2-5H2,1H3/b12-9+/t15-/m1/s1. The Morgan fingerprint density at radius 3 is 2.74 bits per heavy atom. The molecule has 0 fully saturated rings. The Morgan fingerprint density at radius 1 is 1.37 bits per heavy atom. The molecule has 0 aliphatic rings. The van der Waals surface area contributed by atoms with E-state index >= 15 is 0 Å². The SMILES string of the molecule is CCCCC/C=C/[C@H](C#N)OC(=O)c1ccccc1.